The molecule has 1 aromatic heterocycles. The second-order valence-corrected chi connectivity index (χ2v) is 8.11. The highest BCUT2D eigenvalue weighted by atomic mass is 16.5. The molecule has 0 radical (unpaired) electrons. The summed E-state index contributed by atoms with van der Waals surface area (Å²) in [7, 11) is 3.89. The third-order valence-corrected chi connectivity index (χ3v) is 5.51. The van der Waals surface area contributed by atoms with Gasteiger partial charge >= 0.3 is 0 Å². The van der Waals surface area contributed by atoms with Gasteiger partial charge in [0.15, 0.2) is 0 Å². The van der Waals surface area contributed by atoms with Crippen molar-refractivity contribution in [3.05, 3.63) is 71.0 Å². The van der Waals surface area contributed by atoms with Crippen molar-refractivity contribution in [1.82, 2.24) is 15.1 Å². The summed E-state index contributed by atoms with van der Waals surface area (Å²) in [6.45, 7) is 9.83. The van der Waals surface area contributed by atoms with Crippen molar-refractivity contribution >= 4 is 23.2 Å². The lowest BCUT2D eigenvalue weighted by Gasteiger charge is -2.15. The molecule has 8 heteroatoms. The lowest BCUT2D eigenvalue weighted by molar-refractivity contribution is 0.0977. The molecule has 3 aromatic rings. The average Bonchev–Trinajstić information content (AvgIpc) is 3.11. The second kappa shape index (κ2) is 11.4. The van der Waals surface area contributed by atoms with E-state index in [1.165, 1.54) is 0 Å². The molecule has 8 nitrogen and oxygen atoms in total. The number of hydrogen-bond acceptors (Lipinski definition) is 5. The van der Waals surface area contributed by atoms with Crippen LogP contribution in [0.25, 0.3) is 0 Å². The fourth-order valence-corrected chi connectivity index (χ4v) is 3.58. The topological polar surface area (TPSA) is 83.8 Å². The molecule has 2 aromatic carbocycles. The zero-order valence-electron chi connectivity index (χ0n) is 20.8. The summed E-state index contributed by atoms with van der Waals surface area (Å²) in [5.41, 5.74) is 5.36. The van der Waals surface area contributed by atoms with E-state index in [0.717, 1.165) is 40.6 Å². The number of benzene rings is 2. The average molecular weight is 463 g/mol. The van der Waals surface area contributed by atoms with E-state index in [9.17, 15) is 4.79 Å². The molecule has 2 N–H and O–H groups in total. The van der Waals surface area contributed by atoms with Crippen LogP contribution in [0, 0.1) is 13.8 Å². The zero-order chi connectivity index (χ0) is 24.7. The van der Waals surface area contributed by atoms with Gasteiger partial charge < -0.3 is 15.0 Å². The van der Waals surface area contributed by atoms with Gasteiger partial charge in [0.1, 0.15) is 5.75 Å². The molecule has 0 aliphatic heterocycles. The Bertz CT molecular complexity index is 1150. The highest BCUT2D eigenvalue weighted by Crippen LogP contribution is 2.18. The van der Waals surface area contributed by atoms with E-state index in [-0.39, 0.29) is 5.91 Å². The van der Waals surface area contributed by atoms with Crippen LogP contribution in [0.3, 0.4) is 0 Å². The third kappa shape index (κ3) is 6.15. The van der Waals surface area contributed by atoms with Crippen LogP contribution in [0.2, 0.25) is 0 Å². The number of carbonyl (C=O) groups is 1. The molecular formula is C26H34N6O2. The number of amides is 1. The number of aryl methyl sites for hydroxylation is 2. The predicted octanol–water partition coefficient (Wildman–Crippen LogP) is 4.38. The first-order valence-corrected chi connectivity index (χ1v) is 11.5. The van der Waals surface area contributed by atoms with Crippen molar-refractivity contribution in [2.24, 2.45) is 4.99 Å². The van der Waals surface area contributed by atoms with E-state index in [2.05, 4.69) is 22.7 Å². The maximum Gasteiger partial charge on any atom is 0.258 e. The van der Waals surface area contributed by atoms with Crippen molar-refractivity contribution in [1.29, 1.82) is 0 Å². The van der Waals surface area contributed by atoms with Crippen LogP contribution in [-0.2, 0) is 13.1 Å². The molecule has 0 atom stereocenters. The molecule has 0 aliphatic carbocycles. The maximum absolute atomic E-state index is 13.1. The summed E-state index contributed by atoms with van der Waals surface area (Å²) in [6, 6.07) is 15.0. The van der Waals surface area contributed by atoms with E-state index in [1.54, 1.807) is 6.07 Å². The number of hydrogen-bond donors (Lipinski definition) is 2. The summed E-state index contributed by atoms with van der Waals surface area (Å²) >= 11 is 0. The third-order valence-electron chi connectivity index (χ3n) is 5.51. The van der Waals surface area contributed by atoms with Gasteiger partial charge in [-0.2, -0.15) is 5.10 Å². The van der Waals surface area contributed by atoms with Crippen LogP contribution in [0.5, 0.6) is 5.75 Å². The van der Waals surface area contributed by atoms with Gasteiger partial charge in [0.2, 0.25) is 5.96 Å². The molecule has 0 spiro atoms. The number of ether oxygens (including phenoxy) is 1. The number of aromatic nitrogens is 2. The van der Waals surface area contributed by atoms with Gasteiger partial charge in [0.25, 0.3) is 5.91 Å². The fourth-order valence-electron chi connectivity index (χ4n) is 3.58. The molecular weight excluding hydrogens is 428 g/mol. The van der Waals surface area contributed by atoms with Crippen molar-refractivity contribution in [2.45, 2.75) is 40.8 Å². The number of aliphatic imine (C=N–C) groups is 1. The smallest absolute Gasteiger partial charge is 0.258 e. The van der Waals surface area contributed by atoms with Crippen molar-refractivity contribution in [3.8, 4) is 5.75 Å². The molecule has 3 rings (SSSR count). The fraction of sp³-hybridized carbons (Fsp3) is 0.346. The molecule has 0 saturated heterocycles. The minimum absolute atomic E-state index is 0.237. The van der Waals surface area contributed by atoms with E-state index < -0.39 is 0 Å². The molecule has 1 heterocycles. The number of anilines is 2. The monoisotopic (exact) mass is 462 g/mol. The number of nitrogens with one attached hydrogen (secondary N) is 2. The van der Waals surface area contributed by atoms with E-state index >= 15 is 0 Å². The highest BCUT2D eigenvalue weighted by Gasteiger charge is 2.13. The summed E-state index contributed by atoms with van der Waals surface area (Å²) in [6.07, 6.45) is 0. The van der Waals surface area contributed by atoms with Crippen LogP contribution in [0.4, 0.5) is 11.4 Å². The van der Waals surface area contributed by atoms with E-state index in [0.29, 0.717) is 24.7 Å². The first-order valence-electron chi connectivity index (χ1n) is 11.5. The van der Waals surface area contributed by atoms with Crippen LogP contribution < -0.4 is 20.3 Å². The van der Waals surface area contributed by atoms with Gasteiger partial charge in [-0.25, -0.2) is 4.99 Å². The SMILES string of the molecule is CCOc1ccc(NC(=NCc2c(C)nn(CC)c2C)NC(=O)c2cccc(N(C)C)c2)cc1. The molecule has 0 fully saturated rings. The largest absolute Gasteiger partial charge is 0.494 e. The normalized spacial score (nSPS) is 11.3. The Morgan fingerprint density at radius 2 is 1.85 bits per heavy atom. The maximum atomic E-state index is 13.1. The Hall–Kier alpha value is -3.81. The Kier molecular flexibility index (Phi) is 8.29. The Morgan fingerprint density at radius 3 is 2.47 bits per heavy atom. The minimum Gasteiger partial charge on any atom is -0.494 e. The number of rotatable bonds is 8. The first kappa shape index (κ1) is 24.8. The minimum atomic E-state index is -0.237. The summed E-state index contributed by atoms with van der Waals surface area (Å²) < 4.78 is 7.49. The first-order chi connectivity index (χ1) is 16.3. The van der Waals surface area contributed by atoms with Gasteiger partial charge in [-0.3, -0.25) is 14.8 Å². The number of guanidine groups is 1. The van der Waals surface area contributed by atoms with Crippen LogP contribution >= 0.6 is 0 Å². The molecule has 0 aliphatic rings. The summed E-state index contributed by atoms with van der Waals surface area (Å²) in [5.74, 6) is 0.917. The number of nitrogens with zero attached hydrogens (tertiary/aromatic N) is 4. The summed E-state index contributed by atoms with van der Waals surface area (Å²) in [5, 5.41) is 10.8. The molecule has 0 bridgehead atoms. The molecule has 0 unspecified atom stereocenters. The zero-order valence-corrected chi connectivity index (χ0v) is 20.8. The van der Waals surface area contributed by atoms with Crippen molar-refractivity contribution in [2.75, 3.05) is 30.9 Å². The van der Waals surface area contributed by atoms with Gasteiger partial charge in [-0.05, 0) is 70.2 Å². The summed E-state index contributed by atoms with van der Waals surface area (Å²) in [4.78, 5) is 19.7. The molecule has 34 heavy (non-hydrogen) atoms. The Balaban J connectivity index is 1.86. The lowest BCUT2D eigenvalue weighted by Crippen LogP contribution is -2.36. The number of carbonyl (C=O) groups excluding carboxylic acids is 1. The van der Waals surface area contributed by atoms with Crippen LogP contribution in [0.15, 0.2) is 53.5 Å². The highest BCUT2D eigenvalue weighted by molar-refractivity contribution is 6.10. The van der Waals surface area contributed by atoms with E-state index in [1.807, 2.05) is 86.9 Å². The second-order valence-electron chi connectivity index (χ2n) is 8.11. The quantitative estimate of drug-likeness (QED) is 0.383. The Morgan fingerprint density at radius 1 is 1.12 bits per heavy atom. The van der Waals surface area contributed by atoms with Crippen LogP contribution in [-0.4, -0.2) is 42.3 Å². The standard InChI is InChI=1S/C26H34N6O2/c1-7-32-19(4)24(18(3)30-32)17-27-26(28-21-12-14-23(15-13-21)34-8-2)29-25(33)20-10-9-11-22(16-20)31(5)6/h9-16H,7-8,17H2,1-6H3,(H2,27,28,29,33). The van der Waals surface area contributed by atoms with Crippen molar-refractivity contribution < 1.29 is 9.53 Å². The van der Waals surface area contributed by atoms with E-state index in [4.69, 9.17) is 9.73 Å². The van der Waals surface area contributed by atoms with Gasteiger partial charge in [0, 0.05) is 48.8 Å². The lowest BCUT2D eigenvalue weighted by atomic mass is 10.2. The Labute approximate surface area is 201 Å². The van der Waals surface area contributed by atoms with Crippen LogP contribution in [0.1, 0.15) is 41.2 Å². The predicted molar refractivity (Wildman–Crippen MR) is 138 cm³/mol. The molecule has 180 valence electrons. The molecule has 1 amide bonds. The van der Waals surface area contributed by atoms with Gasteiger partial charge in [-0.1, -0.05) is 6.07 Å². The van der Waals surface area contributed by atoms with Gasteiger partial charge in [-0.15, -0.1) is 0 Å². The molecule has 0 saturated carbocycles. The van der Waals surface area contributed by atoms with Gasteiger partial charge in [0.05, 0.1) is 18.8 Å². The van der Waals surface area contributed by atoms with Crippen molar-refractivity contribution in [3.63, 3.8) is 0 Å².